The Labute approximate surface area is 199 Å². The van der Waals surface area contributed by atoms with E-state index in [2.05, 4.69) is 43.6 Å². The standard InChI is InChI=1S/C26H39N3O3Si/c1-6-32-26(30)24-9-8-23(29(24)18-31-11-12-33(3,4)5)15-22-7-10-25(27-19(22)2)28-16-20-13-21(14-20)17-28/h7-10,20-21H,6,11-18H2,1-5H3. The molecule has 180 valence electrons. The molecule has 2 aliphatic heterocycles. The highest BCUT2D eigenvalue weighted by atomic mass is 28.3. The van der Waals surface area contributed by atoms with Gasteiger partial charge >= 0.3 is 5.97 Å². The van der Waals surface area contributed by atoms with Crippen LogP contribution in [0.2, 0.25) is 25.7 Å². The number of carbonyl (C=O) groups is 1. The van der Waals surface area contributed by atoms with Crippen molar-refractivity contribution >= 4 is 19.9 Å². The predicted octanol–water partition coefficient (Wildman–Crippen LogP) is 5.12. The number of nitrogens with zero attached hydrogens (tertiary/aromatic N) is 3. The topological polar surface area (TPSA) is 56.6 Å². The van der Waals surface area contributed by atoms with E-state index < -0.39 is 8.07 Å². The van der Waals surface area contributed by atoms with Crippen LogP contribution in [0.4, 0.5) is 5.82 Å². The highest BCUT2D eigenvalue weighted by Gasteiger charge is 2.37. The summed E-state index contributed by atoms with van der Waals surface area (Å²) in [4.78, 5) is 19.9. The first-order valence-electron chi connectivity index (χ1n) is 12.4. The van der Waals surface area contributed by atoms with E-state index in [0.29, 0.717) is 32.1 Å². The number of piperidine rings is 2. The third-order valence-corrected chi connectivity index (χ3v) is 8.64. The first-order valence-corrected chi connectivity index (χ1v) is 16.1. The summed E-state index contributed by atoms with van der Waals surface area (Å²) < 4.78 is 13.3. The van der Waals surface area contributed by atoms with Crippen LogP contribution in [0.5, 0.6) is 0 Å². The van der Waals surface area contributed by atoms with Gasteiger partial charge in [0.2, 0.25) is 0 Å². The molecule has 2 aromatic heterocycles. The number of fused-ring (bicyclic) bond motifs is 2. The summed E-state index contributed by atoms with van der Waals surface area (Å²) in [6, 6.07) is 9.33. The van der Waals surface area contributed by atoms with Gasteiger partial charge in [0.05, 0.1) is 6.61 Å². The second-order valence-electron chi connectivity index (χ2n) is 10.9. The lowest BCUT2D eigenvalue weighted by molar-refractivity contribution is 0.0470. The quantitative estimate of drug-likeness (QED) is 0.275. The van der Waals surface area contributed by atoms with E-state index in [1.54, 1.807) is 0 Å². The molecule has 2 saturated heterocycles. The van der Waals surface area contributed by atoms with Gasteiger partial charge in [-0.1, -0.05) is 25.7 Å². The van der Waals surface area contributed by atoms with Gasteiger partial charge in [0.1, 0.15) is 18.2 Å². The van der Waals surface area contributed by atoms with Crippen LogP contribution in [0.3, 0.4) is 0 Å². The van der Waals surface area contributed by atoms with Crippen LogP contribution in [0.15, 0.2) is 24.3 Å². The van der Waals surface area contributed by atoms with Crippen molar-refractivity contribution in [2.75, 3.05) is 31.2 Å². The number of hydrogen-bond acceptors (Lipinski definition) is 5. The van der Waals surface area contributed by atoms with Gasteiger partial charge in [-0.3, -0.25) is 0 Å². The second kappa shape index (κ2) is 10.0. The molecule has 7 heteroatoms. The molecule has 0 spiro atoms. The molecule has 3 fully saturated rings. The first-order chi connectivity index (χ1) is 15.7. The van der Waals surface area contributed by atoms with Crippen LogP contribution >= 0.6 is 0 Å². The summed E-state index contributed by atoms with van der Waals surface area (Å²) in [5, 5.41) is 0. The molecule has 6 nitrogen and oxygen atoms in total. The fraction of sp³-hybridized carbons (Fsp3) is 0.615. The Morgan fingerprint density at radius 2 is 1.85 bits per heavy atom. The van der Waals surface area contributed by atoms with Crippen molar-refractivity contribution in [2.45, 2.75) is 65.5 Å². The zero-order chi connectivity index (χ0) is 23.6. The second-order valence-corrected chi connectivity index (χ2v) is 16.5. The number of aryl methyl sites for hydroxylation is 1. The number of anilines is 1. The number of esters is 1. The molecule has 1 saturated carbocycles. The number of ether oxygens (including phenoxy) is 2. The zero-order valence-corrected chi connectivity index (χ0v) is 21.9. The van der Waals surface area contributed by atoms with E-state index >= 15 is 0 Å². The lowest BCUT2D eigenvalue weighted by Gasteiger charge is -2.47. The minimum atomic E-state index is -1.17. The molecule has 0 N–H and O–H groups in total. The van der Waals surface area contributed by atoms with Crippen molar-refractivity contribution in [3.63, 3.8) is 0 Å². The summed E-state index contributed by atoms with van der Waals surface area (Å²) in [5.74, 6) is 2.52. The SMILES string of the molecule is CCOC(=O)c1ccc(Cc2ccc(N3CC4CC(C4)C3)nc2C)n1COCC[Si](C)(C)C. The van der Waals surface area contributed by atoms with E-state index in [1.165, 1.54) is 18.4 Å². The monoisotopic (exact) mass is 469 g/mol. The third kappa shape index (κ3) is 5.87. The molecule has 0 radical (unpaired) electrons. The van der Waals surface area contributed by atoms with Gasteiger partial charge in [-0.2, -0.15) is 0 Å². The third-order valence-electron chi connectivity index (χ3n) is 6.94. The maximum Gasteiger partial charge on any atom is 0.355 e. The number of pyridine rings is 1. The molecule has 5 rings (SSSR count). The summed E-state index contributed by atoms with van der Waals surface area (Å²) >= 11 is 0. The molecule has 4 heterocycles. The van der Waals surface area contributed by atoms with Crippen molar-refractivity contribution in [3.05, 3.63) is 46.9 Å². The van der Waals surface area contributed by atoms with Crippen LogP contribution in [0.25, 0.3) is 0 Å². The Morgan fingerprint density at radius 1 is 1.12 bits per heavy atom. The van der Waals surface area contributed by atoms with Gasteiger partial charge in [0, 0.05) is 45.6 Å². The minimum Gasteiger partial charge on any atom is -0.461 e. The van der Waals surface area contributed by atoms with Gasteiger partial charge in [-0.25, -0.2) is 9.78 Å². The lowest BCUT2D eigenvalue weighted by atomic mass is 9.71. The molecule has 2 aromatic rings. The average molecular weight is 470 g/mol. The fourth-order valence-electron chi connectivity index (χ4n) is 4.93. The number of carbonyl (C=O) groups excluding carboxylic acids is 1. The van der Waals surface area contributed by atoms with Crippen molar-refractivity contribution in [1.82, 2.24) is 9.55 Å². The van der Waals surface area contributed by atoms with E-state index in [9.17, 15) is 4.79 Å². The van der Waals surface area contributed by atoms with Crippen molar-refractivity contribution in [3.8, 4) is 0 Å². The summed E-state index contributed by atoms with van der Waals surface area (Å²) in [6.07, 6.45) is 3.50. The van der Waals surface area contributed by atoms with Crippen LogP contribution in [0, 0.1) is 18.8 Å². The Balaban J connectivity index is 1.48. The zero-order valence-electron chi connectivity index (χ0n) is 20.9. The summed E-state index contributed by atoms with van der Waals surface area (Å²) in [7, 11) is -1.17. The van der Waals surface area contributed by atoms with Crippen molar-refractivity contribution < 1.29 is 14.3 Å². The Bertz CT molecular complexity index is 966. The number of rotatable bonds is 10. The predicted molar refractivity (Wildman–Crippen MR) is 135 cm³/mol. The lowest BCUT2D eigenvalue weighted by Crippen LogP contribution is -2.49. The summed E-state index contributed by atoms with van der Waals surface area (Å²) in [6.45, 7) is 14.7. The largest absolute Gasteiger partial charge is 0.461 e. The molecule has 2 bridgehead atoms. The van der Waals surface area contributed by atoms with Crippen LogP contribution in [0.1, 0.15) is 47.2 Å². The Morgan fingerprint density at radius 3 is 2.48 bits per heavy atom. The van der Waals surface area contributed by atoms with E-state index in [-0.39, 0.29) is 5.97 Å². The van der Waals surface area contributed by atoms with Crippen molar-refractivity contribution in [1.29, 1.82) is 0 Å². The van der Waals surface area contributed by atoms with Crippen LogP contribution in [-0.4, -0.2) is 49.9 Å². The molecule has 33 heavy (non-hydrogen) atoms. The maximum atomic E-state index is 12.5. The summed E-state index contributed by atoms with van der Waals surface area (Å²) in [5.41, 5.74) is 3.83. The molecule has 3 aliphatic rings. The van der Waals surface area contributed by atoms with Gasteiger partial charge in [-0.15, -0.1) is 0 Å². The average Bonchev–Trinajstić information content (AvgIpc) is 3.14. The highest BCUT2D eigenvalue weighted by Crippen LogP contribution is 2.40. The van der Waals surface area contributed by atoms with Gasteiger partial charge < -0.3 is 18.9 Å². The highest BCUT2D eigenvalue weighted by molar-refractivity contribution is 6.76. The normalized spacial score (nSPS) is 20.0. The molecule has 1 aliphatic carbocycles. The van der Waals surface area contributed by atoms with E-state index in [1.807, 2.05) is 23.6 Å². The van der Waals surface area contributed by atoms with Crippen molar-refractivity contribution in [2.24, 2.45) is 11.8 Å². The number of hydrogen-bond donors (Lipinski definition) is 0. The first kappa shape index (κ1) is 24.0. The smallest absolute Gasteiger partial charge is 0.355 e. The molecule has 0 amide bonds. The number of aromatic nitrogens is 2. The Kier molecular flexibility index (Phi) is 7.29. The molecular formula is C26H39N3O3Si. The fourth-order valence-corrected chi connectivity index (χ4v) is 5.68. The minimum absolute atomic E-state index is 0.300. The van der Waals surface area contributed by atoms with Gasteiger partial charge in [0.15, 0.2) is 0 Å². The van der Waals surface area contributed by atoms with E-state index in [0.717, 1.165) is 48.2 Å². The van der Waals surface area contributed by atoms with Gasteiger partial charge in [-0.05, 0) is 68.3 Å². The maximum absolute atomic E-state index is 12.5. The molecule has 0 unspecified atom stereocenters. The molecular weight excluding hydrogens is 430 g/mol. The van der Waals surface area contributed by atoms with Gasteiger partial charge in [0.25, 0.3) is 0 Å². The van der Waals surface area contributed by atoms with Crippen LogP contribution in [-0.2, 0) is 22.6 Å². The molecule has 0 atom stereocenters. The van der Waals surface area contributed by atoms with Crippen LogP contribution < -0.4 is 4.90 Å². The molecule has 0 aromatic carbocycles. The Hall–Kier alpha value is -2.12. The van der Waals surface area contributed by atoms with E-state index in [4.69, 9.17) is 14.5 Å².